The Bertz CT molecular complexity index is 860. The van der Waals surface area contributed by atoms with Gasteiger partial charge in [-0.25, -0.2) is 15.0 Å². The molecule has 0 amide bonds. The van der Waals surface area contributed by atoms with Gasteiger partial charge in [0.05, 0.1) is 18.4 Å². The Kier molecular flexibility index (Phi) is 4.56. The van der Waals surface area contributed by atoms with Crippen LogP contribution in [-0.2, 0) is 0 Å². The summed E-state index contributed by atoms with van der Waals surface area (Å²) >= 11 is 0. The third-order valence-corrected chi connectivity index (χ3v) is 4.83. The molecule has 1 saturated heterocycles. The zero-order valence-electron chi connectivity index (χ0n) is 15.1. The van der Waals surface area contributed by atoms with Gasteiger partial charge in [0, 0.05) is 37.2 Å². The number of aromatic nitrogens is 4. The fraction of sp³-hybridized carbons (Fsp3) is 0.350. The smallest absolute Gasteiger partial charge is 0.225 e. The third-order valence-electron chi connectivity index (χ3n) is 4.83. The van der Waals surface area contributed by atoms with E-state index in [4.69, 9.17) is 9.72 Å². The van der Waals surface area contributed by atoms with Crippen LogP contribution < -0.4 is 9.64 Å². The van der Waals surface area contributed by atoms with E-state index in [1.54, 1.807) is 13.3 Å². The van der Waals surface area contributed by atoms with Crippen molar-refractivity contribution in [3.05, 3.63) is 42.9 Å². The summed E-state index contributed by atoms with van der Waals surface area (Å²) in [6.45, 7) is 4.29. The topological polar surface area (TPSA) is 66.9 Å². The van der Waals surface area contributed by atoms with Gasteiger partial charge in [-0.3, -0.25) is 0 Å². The van der Waals surface area contributed by atoms with Gasteiger partial charge in [0.15, 0.2) is 0 Å². The van der Waals surface area contributed by atoms with Crippen LogP contribution in [0.3, 0.4) is 0 Å². The van der Waals surface area contributed by atoms with Crippen molar-refractivity contribution in [3.8, 4) is 28.4 Å². The lowest BCUT2D eigenvalue weighted by Gasteiger charge is -2.31. The second-order valence-electron chi connectivity index (χ2n) is 6.79. The molecule has 3 aromatic rings. The molecule has 1 atom stereocenters. The van der Waals surface area contributed by atoms with Crippen LogP contribution in [0.25, 0.3) is 22.6 Å². The van der Waals surface area contributed by atoms with Crippen LogP contribution in [0, 0.1) is 5.92 Å². The van der Waals surface area contributed by atoms with Crippen molar-refractivity contribution >= 4 is 5.95 Å². The summed E-state index contributed by atoms with van der Waals surface area (Å²) in [7, 11) is 1.67. The molecule has 3 heterocycles. The molecule has 1 N–H and O–H groups in total. The lowest BCUT2D eigenvalue weighted by atomic mass is 10.0. The minimum atomic E-state index is 0.668. The number of nitrogens with one attached hydrogen (secondary N) is 1. The fourth-order valence-corrected chi connectivity index (χ4v) is 3.45. The predicted octanol–water partition coefficient (Wildman–Crippen LogP) is 3.78. The largest absolute Gasteiger partial charge is 0.497 e. The van der Waals surface area contributed by atoms with Gasteiger partial charge in [0.25, 0.3) is 0 Å². The first kappa shape index (κ1) is 16.6. The number of rotatable bonds is 4. The molecule has 1 fully saturated rings. The number of anilines is 1. The molecule has 4 rings (SSSR count). The molecule has 0 aliphatic carbocycles. The van der Waals surface area contributed by atoms with Crippen LogP contribution in [-0.4, -0.2) is 40.1 Å². The molecule has 0 saturated carbocycles. The summed E-state index contributed by atoms with van der Waals surface area (Å²) < 4.78 is 5.28. The van der Waals surface area contributed by atoms with Gasteiger partial charge in [-0.2, -0.15) is 0 Å². The normalized spacial score (nSPS) is 17.3. The van der Waals surface area contributed by atoms with Crippen molar-refractivity contribution in [1.29, 1.82) is 0 Å². The number of methoxy groups -OCH3 is 1. The Morgan fingerprint density at radius 2 is 2.04 bits per heavy atom. The van der Waals surface area contributed by atoms with Crippen LogP contribution in [0.1, 0.15) is 19.8 Å². The molecule has 1 aromatic carbocycles. The van der Waals surface area contributed by atoms with E-state index >= 15 is 0 Å². The Balaban J connectivity index is 1.77. The van der Waals surface area contributed by atoms with Gasteiger partial charge in [-0.1, -0.05) is 6.92 Å². The minimum absolute atomic E-state index is 0.668. The lowest BCUT2D eigenvalue weighted by Crippen LogP contribution is -2.35. The number of piperidine rings is 1. The number of ether oxygens (including phenoxy) is 1. The molecule has 0 bridgehead atoms. The van der Waals surface area contributed by atoms with Gasteiger partial charge in [0.2, 0.25) is 5.95 Å². The molecule has 2 aromatic heterocycles. The zero-order valence-corrected chi connectivity index (χ0v) is 15.1. The molecule has 1 aliphatic heterocycles. The van der Waals surface area contributed by atoms with Crippen molar-refractivity contribution < 1.29 is 4.74 Å². The third kappa shape index (κ3) is 3.27. The summed E-state index contributed by atoms with van der Waals surface area (Å²) in [6.07, 6.45) is 7.88. The number of imidazole rings is 1. The summed E-state index contributed by atoms with van der Waals surface area (Å²) in [6, 6.07) is 7.95. The number of hydrogen-bond donors (Lipinski definition) is 1. The van der Waals surface area contributed by atoms with E-state index in [1.807, 2.05) is 36.7 Å². The highest BCUT2D eigenvalue weighted by Gasteiger charge is 2.21. The van der Waals surface area contributed by atoms with E-state index in [-0.39, 0.29) is 0 Å². The molecule has 26 heavy (non-hydrogen) atoms. The Morgan fingerprint density at radius 1 is 1.19 bits per heavy atom. The first-order chi connectivity index (χ1) is 12.7. The maximum Gasteiger partial charge on any atom is 0.225 e. The summed E-state index contributed by atoms with van der Waals surface area (Å²) in [5.41, 5.74) is 2.80. The van der Waals surface area contributed by atoms with E-state index in [0.717, 1.165) is 47.4 Å². The summed E-state index contributed by atoms with van der Waals surface area (Å²) in [5.74, 6) is 3.06. The first-order valence-corrected chi connectivity index (χ1v) is 9.01. The second kappa shape index (κ2) is 7.15. The van der Waals surface area contributed by atoms with E-state index in [1.165, 1.54) is 12.8 Å². The van der Waals surface area contributed by atoms with Crippen LogP contribution >= 0.6 is 0 Å². The Hall–Kier alpha value is -2.89. The van der Waals surface area contributed by atoms with E-state index in [9.17, 15) is 0 Å². The number of benzene rings is 1. The molecule has 6 heteroatoms. The van der Waals surface area contributed by atoms with Crippen LogP contribution in [0.2, 0.25) is 0 Å². The monoisotopic (exact) mass is 349 g/mol. The molecule has 0 spiro atoms. The van der Waals surface area contributed by atoms with Gasteiger partial charge in [-0.05, 0) is 43.0 Å². The van der Waals surface area contributed by atoms with Crippen LogP contribution in [0.5, 0.6) is 5.75 Å². The van der Waals surface area contributed by atoms with Crippen molar-refractivity contribution in [3.63, 3.8) is 0 Å². The molecular weight excluding hydrogens is 326 g/mol. The van der Waals surface area contributed by atoms with E-state index in [0.29, 0.717) is 5.92 Å². The number of nitrogens with zero attached hydrogens (tertiary/aromatic N) is 4. The number of hydrogen-bond acceptors (Lipinski definition) is 5. The average molecular weight is 349 g/mol. The maximum atomic E-state index is 5.28. The lowest BCUT2D eigenvalue weighted by molar-refractivity contribution is 0.415. The minimum Gasteiger partial charge on any atom is -0.497 e. The van der Waals surface area contributed by atoms with Crippen molar-refractivity contribution in [1.82, 2.24) is 19.9 Å². The Morgan fingerprint density at radius 3 is 2.73 bits per heavy atom. The van der Waals surface area contributed by atoms with Gasteiger partial charge in [0.1, 0.15) is 11.6 Å². The highest BCUT2D eigenvalue weighted by atomic mass is 16.5. The van der Waals surface area contributed by atoms with Crippen molar-refractivity contribution in [2.45, 2.75) is 19.8 Å². The van der Waals surface area contributed by atoms with Crippen LogP contribution in [0.4, 0.5) is 5.95 Å². The highest BCUT2D eigenvalue weighted by Crippen LogP contribution is 2.31. The van der Waals surface area contributed by atoms with Crippen LogP contribution in [0.15, 0.2) is 42.9 Å². The first-order valence-electron chi connectivity index (χ1n) is 9.01. The summed E-state index contributed by atoms with van der Waals surface area (Å²) in [5, 5.41) is 0. The standard InChI is InChI=1S/C20H23N5O/c1-14-4-3-11-25(13-14)20-23-12-17(19-21-9-10-22-19)18(24-20)15-5-7-16(26-2)8-6-15/h5-10,12,14H,3-4,11,13H2,1-2H3,(H,21,22)/t14-/m1/s1. The fourth-order valence-electron chi connectivity index (χ4n) is 3.45. The van der Waals surface area contributed by atoms with Gasteiger partial charge >= 0.3 is 0 Å². The molecule has 1 aliphatic rings. The predicted molar refractivity (Wildman–Crippen MR) is 102 cm³/mol. The average Bonchev–Trinajstić information content (AvgIpc) is 3.22. The van der Waals surface area contributed by atoms with Crippen molar-refractivity contribution in [2.75, 3.05) is 25.1 Å². The quantitative estimate of drug-likeness (QED) is 0.776. The molecule has 0 radical (unpaired) electrons. The van der Waals surface area contributed by atoms with Gasteiger partial charge in [-0.15, -0.1) is 0 Å². The van der Waals surface area contributed by atoms with Gasteiger partial charge < -0.3 is 14.6 Å². The molecule has 6 nitrogen and oxygen atoms in total. The van der Waals surface area contributed by atoms with E-state index in [2.05, 4.69) is 26.8 Å². The molecule has 134 valence electrons. The summed E-state index contributed by atoms with van der Waals surface area (Å²) in [4.78, 5) is 19.4. The zero-order chi connectivity index (χ0) is 17.9. The number of aromatic amines is 1. The molecule has 0 unspecified atom stereocenters. The number of H-pyrrole nitrogens is 1. The highest BCUT2D eigenvalue weighted by molar-refractivity contribution is 5.78. The molecular formula is C20H23N5O. The van der Waals surface area contributed by atoms with Crippen molar-refractivity contribution in [2.24, 2.45) is 5.92 Å². The Labute approximate surface area is 153 Å². The second-order valence-corrected chi connectivity index (χ2v) is 6.79. The maximum absolute atomic E-state index is 5.28. The SMILES string of the molecule is COc1ccc(-c2nc(N3CCC[C@@H](C)C3)ncc2-c2ncc[nH]2)cc1. The van der Waals surface area contributed by atoms with E-state index < -0.39 is 0 Å².